The van der Waals surface area contributed by atoms with Crippen LogP contribution in [0.2, 0.25) is 0 Å². The fourth-order valence-electron chi connectivity index (χ4n) is 2.78. The predicted octanol–water partition coefficient (Wildman–Crippen LogP) is -6.25. The molecule has 2 saturated heterocycles. The lowest BCUT2D eigenvalue weighted by Crippen LogP contribution is -2.69. The van der Waals surface area contributed by atoms with Crippen molar-refractivity contribution in [3.05, 3.63) is 0 Å². The summed E-state index contributed by atoms with van der Waals surface area (Å²) in [5, 5.41) is 77.9. The lowest BCUT2D eigenvalue weighted by Gasteiger charge is -2.48. The smallest absolute Gasteiger partial charge is 0.394 e. The molecule has 2 aliphatic rings. The van der Waals surface area contributed by atoms with E-state index < -0.39 is 84.7 Å². The third-order valence-electron chi connectivity index (χ3n) is 4.27. The van der Waals surface area contributed by atoms with Crippen molar-refractivity contribution in [2.75, 3.05) is 13.2 Å². The van der Waals surface area contributed by atoms with E-state index in [9.17, 15) is 44.2 Å². The molecule has 0 unspecified atom stereocenters. The molecular formula is C12H22O15S. The molecule has 28 heavy (non-hydrogen) atoms. The van der Waals surface area contributed by atoms with Crippen molar-refractivity contribution in [1.29, 1.82) is 0 Å². The number of rotatable bonds is 6. The molecule has 10 atom stereocenters. The van der Waals surface area contributed by atoms with E-state index in [1.807, 2.05) is 0 Å². The molecule has 0 aromatic heterocycles. The molecular weight excluding hydrogens is 416 g/mol. The summed E-state index contributed by atoms with van der Waals surface area (Å²) in [4.78, 5) is 0. The van der Waals surface area contributed by atoms with Crippen LogP contribution >= 0.6 is 0 Å². The van der Waals surface area contributed by atoms with E-state index in [1.54, 1.807) is 0 Å². The molecule has 2 rings (SSSR count). The van der Waals surface area contributed by atoms with Crippen molar-refractivity contribution in [3.63, 3.8) is 0 Å². The molecule has 166 valence electrons. The Morgan fingerprint density at radius 2 is 1.43 bits per heavy atom. The maximum absolute atomic E-state index is 11.0. The molecule has 0 aromatic carbocycles. The molecule has 0 aliphatic carbocycles. The van der Waals surface area contributed by atoms with Gasteiger partial charge in [-0.2, -0.15) is 8.42 Å². The number of ether oxygens (including phenoxy) is 3. The van der Waals surface area contributed by atoms with Gasteiger partial charge < -0.3 is 50.3 Å². The first-order valence-electron chi connectivity index (χ1n) is 7.85. The van der Waals surface area contributed by atoms with Gasteiger partial charge in [-0.3, -0.25) is 9.29 Å². The molecule has 0 saturated carbocycles. The average molecular weight is 438 g/mol. The maximum Gasteiger partial charge on any atom is 0.397 e. The van der Waals surface area contributed by atoms with Gasteiger partial charge in [0.1, 0.15) is 36.6 Å². The van der Waals surface area contributed by atoms with Gasteiger partial charge in [0, 0.05) is 0 Å². The highest BCUT2D eigenvalue weighted by atomic mass is 32.3. The number of hydrogen-bond acceptors (Lipinski definition) is 14. The summed E-state index contributed by atoms with van der Waals surface area (Å²) in [7, 11) is -5.25. The minimum absolute atomic E-state index is 0.918. The van der Waals surface area contributed by atoms with Crippen LogP contribution < -0.4 is 0 Å². The van der Waals surface area contributed by atoms with Gasteiger partial charge in [0.25, 0.3) is 0 Å². The zero-order valence-corrected chi connectivity index (χ0v) is 14.8. The third-order valence-corrected chi connectivity index (χ3v) is 4.74. The first kappa shape index (κ1) is 23.7. The van der Waals surface area contributed by atoms with E-state index >= 15 is 0 Å². The Morgan fingerprint density at radius 1 is 0.893 bits per heavy atom. The Labute approximate surface area is 157 Å². The van der Waals surface area contributed by atoms with Crippen LogP contribution in [0, 0.1) is 0 Å². The Bertz CT molecular complexity index is 627. The standard InChI is InChI=1S/C12H22O15S/c13-1-3-5(15)7(17)9(27-28(21,22)23)11(24-3)26-12(20)10(19)8(18)6(16)4(2-14)25-12/h3-11,13-20H,1-2H2,(H,21,22,23)/t3-,4-,5+,6+,7+,8+,9+,10-,11-,12+/m1/s1. The van der Waals surface area contributed by atoms with E-state index in [0.717, 1.165) is 0 Å². The lowest BCUT2D eigenvalue weighted by atomic mass is 9.97. The maximum atomic E-state index is 11.0. The fourth-order valence-corrected chi connectivity index (χ4v) is 3.27. The van der Waals surface area contributed by atoms with Crippen LogP contribution in [0.25, 0.3) is 0 Å². The molecule has 0 radical (unpaired) electrons. The second-order valence-corrected chi connectivity index (χ2v) is 7.26. The van der Waals surface area contributed by atoms with Gasteiger partial charge in [-0.05, 0) is 0 Å². The Balaban J connectivity index is 2.32. The molecule has 0 amide bonds. The van der Waals surface area contributed by atoms with Crippen molar-refractivity contribution >= 4 is 10.4 Å². The van der Waals surface area contributed by atoms with E-state index in [2.05, 4.69) is 4.18 Å². The number of hydrogen-bond donors (Lipinski definition) is 9. The number of aliphatic hydroxyl groups excluding tert-OH is 7. The minimum atomic E-state index is -5.25. The van der Waals surface area contributed by atoms with Crippen LogP contribution in [-0.2, 0) is 28.8 Å². The molecule has 2 aliphatic heterocycles. The molecule has 15 nitrogen and oxygen atoms in total. The Hall–Kier alpha value is -0.570. The van der Waals surface area contributed by atoms with Gasteiger partial charge in [-0.15, -0.1) is 0 Å². The van der Waals surface area contributed by atoms with Gasteiger partial charge >= 0.3 is 16.4 Å². The highest BCUT2D eigenvalue weighted by molar-refractivity contribution is 7.80. The normalized spacial score (nSPS) is 47.8. The predicted molar refractivity (Wildman–Crippen MR) is 80.2 cm³/mol. The van der Waals surface area contributed by atoms with Crippen molar-refractivity contribution < 1.29 is 72.2 Å². The SMILES string of the molecule is O=S(=O)(O)O[C@@H]1[C@@H](O[C@@]2(O)O[C@H](CO)[C@H](O)[C@H](O)[C@H]2O)O[C@H](CO)[C@H](O)[C@@H]1O. The van der Waals surface area contributed by atoms with Crippen molar-refractivity contribution in [2.24, 2.45) is 0 Å². The van der Waals surface area contributed by atoms with Crippen LogP contribution in [0.4, 0.5) is 0 Å². The van der Waals surface area contributed by atoms with Crippen LogP contribution in [0.3, 0.4) is 0 Å². The van der Waals surface area contributed by atoms with Crippen LogP contribution in [0.5, 0.6) is 0 Å². The Kier molecular flexibility index (Phi) is 7.33. The quantitative estimate of drug-likeness (QED) is 0.138. The molecule has 2 heterocycles. The van der Waals surface area contributed by atoms with E-state index in [1.165, 1.54) is 0 Å². The van der Waals surface area contributed by atoms with E-state index in [-0.39, 0.29) is 0 Å². The molecule has 9 N–H and O–H groups in total. The van der Waals surface area contributed by atoms with Crippen LogP contribution in [0.1, 0.15) is 0 Å². The summed E-state index contributed by atoms with van der Waals surface area (Å²) in [5.74, 6) is -3.24. The highest BCUT2D eigenvalue weighted by Gasteiger charge is 2.58. The number of aliphatic hydroxyl groups is 8. The van der Waals surface area contributed by atoms with E-state index in [4.69, 9.17) is 23.9 Å². The van der Waals surface area contributed by atoms with Gasteiger partial charge in [-0.25, -0.2) is 4.18 Å². The zero-order valence-electron chi connectivity index (χ0n) is 14.0. The molecule has 0 spiro atoms. The summed E-state index contributed by atoms with van der Waals surface area (Å²) in [6.07, 6.45) is -18.1. The third kappa shape index (κ3) is 4.77. The monoisotopic (exact) mass is 438 g/mol. The van der Waals surface area contributed by atoms with Gasteiger partial charge in [-0.1, -0.05) is 0 Å². The largest absolute Gasteiger partial charge is 0.397 e. The fraction of sp³-hybridized carbons (Fsp3) is 1.00. The average Bonchev–Trinajstić information content (AvgIpc) is 2.62. The second kappa shape index (κ2) is 8.66. The van der Waals surface area contributed by atoms with Crippen molar-refractivity contribution in [3.8, 4) is 0 Å². The second-order valence-electron chi connectivity index (χ2n) is 6.21. The van der Waals surface area contributed by atoms with Crippen molar-refractivity contribution in [2.45, 2.75) is 61.1 Å². The summed E-state index contributed by atoms with van der Waals surface area (Å²) >= 11 is 0. The van der Waals surface area contributed by atoms with Crippen LogP contribution in [-0.4, -0.2) is 128 Å². The first-order chi connectivity index (χ1) is 12.8. The van der Waals surface area contributed by atoms with Crippen molar-refractivity contribution in [1.82, 2.24) is 0 Å². The molecule has 0 bridgehead atoms. The van der Waals surface area contributed by atoms with Gasteiger partial charge in [0.2, 0.25) is 0 Å². The summed E-state index contributed by atoms with van der Waals surface area (Å²) in [5.41, 5.74) is 0. The highest BCUT2D eigenvalue weighted by Crippen LogP contribution is 2.34. The summed E-state index contributed by atoms with van der Waals surface area (Å²) < 4.78 is 49.7. The topological polar surface area (TPSA) is 253 Å². The summed E-state index contributed by atoms with van der Waals surface area (Å²) in [6, 6.07) is 0. The first-order valence-corrected chi connectivity index (χ1v) is 9.22. The molecule has 0 aromatic rings. The summed E-state index contributed by atoms with van der Waals surface area (Å²) in [6.45, 7) is -1.87. The molecule has 2 fully saturated rings. The minimum Gasteiger partial charge on any atom is -0.394 e. The Morgan fingerprint density at radius 3 is 1.93 bits per heavy atom. The van der Waals surface area contributed by atoms with E-state index in [0.29, 0.717) is 0 Å². The zero-order chi connectivity index (χ0) is 21.4. The van der Waals surface area contributed by atoms with Crippen LogP contribution in [0.15, 0.2) is 0 Å². The van der Waals surface area contributed by atoms with Gasteiger partial charge in [0.05, 0.1) is 13.2 Å². The van der Waals surface area contributed by atoms with Gasteiger partial charge in [0.15, 0.2) is 18.5 Å². The molecule has 16 heteroatoms. The lowest BCUT2D eigenvalue weighted by molar-refractivity contribution is -0.487.